The van der Waals surface area contributed by atoms with E-state index < -0.39 is 0 Å². The molecule has 3 heteroatoms. The van der Waals surface area contributed by atoms with Gasteiger partial charge in [-0.2, -0.15) is 0 Å². The highest BCUT2D eigenvalue weighted by atomic mass is 14.8. The Morgan fingerprint density at radius 2 is 2.14 bits per heavy atom. The fraction of sp³-hybridized carbons (Fsp3) is 0.273. The van der Waals surface area contributed by atoms with Crippen molar-refractivity contribution < 1.29 is 0 Å². The molecule has 1 aromatic heterocycles. The fourth-order valence-electron chi connectivity index (χ4n) is 2.33. The van der Waals surface area contributed by atoms with Crippen LogP contribution in [0.15, 0.2) is 18.2 Å². The molecular formula is C11H13N3. The van der Waals surface area contributed by atoms with Gasteiger partial charge in [-0.15, -0.1) is 0 Å². The quantitative estimate of drug-likeness (QED) is 0.542. The van der Waals surface area contributed by atoms with Crippen LogP contribution in [-0.4, -0.2) is 11.0 Å². The Labute approximate surface area is 82.1 Å². The summed E-state index contributed by atoms with van der Waals surface area (Å²) in [5.74, 6) is 0. The minimum Gasteiger partial charge on any atom is -0.399 e. The van der Waals surface area contributed by atoms with Crippen LogP contribution >= 0.6 is 0 Å². The van der Waals surface area contributed by atoms with Gasteiger partial charge in [-0.3, -0.25) is 0 Å². The summed E-state index contributed by atoms with van der Waals surface area (Å²) in [7, 11) is 0. The molecule has 0 bridgehead atoms. The van der Waals surface area contributed by atoms with Gasteiger partial charge in [0.25, 0.3) is 0 Å². The Kier molecular flexibility index (Phi) is 1.42. The number of nitrogens with one attached hydrogen (secondary N) is 1. The molecule has 2 aromatic rings. The zero-order valence-electron chi connectivity index (χ0n) is 7.88. The fourth-order valence-corrected chi connectivity index (χ4v) is 2.33. The molecule has 72 valence electrons. The summed E-state index contributed by atoms with van der Waals surface area (Å²) >= 11 is 0. The van der Waals surface area contributed by atoms with Crippen molar-refractivity contribution in [1.82, 2.24) is 4.98 Å². The molecule has 3 nitrogen and oxygen atoms in total. The van der Waals surface area contributed by atoms with Crippen molar-refractivity contribution >= 4 is 16.6 Å². The van der Waals surface area contributed by atoms with E-state index in [4.69, 9.17) is 11.5 Å². The Balaban J connectivity index is 2.30. The number of fused-ring (bicyclic) bond motifs is 3. The molecule has 14 heavy (non-hydrogen) atoms. The lowest BCUT2D eigenvalue weighted by molar-refractivity contribution is 0.716. The molecule has 0 fully saturated rings. The van der Waals surface area contributed by atoms with Gasteiger partial charge >= 0.3 is 0 Å². The zero-order valence-corrected chi connectivity index (χ0v) is 7.88. The number of aromatic amines is 1. The first-order chi connectivity index (χ1) is 6.74. The van der Waals surface area contributed by atoms with E-state index in [1.807, 2.05) is 18.2 Å². The van der Waals surface area contributed by atoms with Gasteiger partial charge in [0.15, 0.2) is 0 Å². The first-order valence-electron chi connectivity index (χ1n) is 4.88. The second kappa shape index (κ2) is 2.51. The lowest BCUT2D eigenvalue weighted by Gasteiger charge is -2.00. The van der Waals surface area contributed by atoms with E-state index in [0.29, 0.717) is 0 Å². The van der Waals surface area contributed by atoms with E-state index >= 15 is 0 Å². The molecule has 0 aliphatic heterocycles. The number of nitrogens with two attached hydrogens (primary N) is 2. The second-order valence-electron chi connectivity index (χ2n) is 4.06. The summed E-state index contributed by atoms with van der Waals surface area (Å²) in [6.45, 7) is 0. The Morgan fingerprint density at radius 3 is 3.00 bits per heavy atom. The Hall–Kier alpha value is -1.48. The number of nitrogen functional groups attached to an aromatic ring is 1. The van der Waals surface area contributed by atoms with E-state index in [0.717, 1.165) is 18.5 Å². The third kappa shape index (κ3) is 0.960. The predicted octanol–water partition coefficient (Wildman–Crippen LogP) is 1.18. The molecule has 0 saturated carbocycles. The Bertz CT molecular complexity index is 498. The summed E-state index contributed by atoms with van der Waals surface area (Å²) in [6.07, 6.45) is 1.93. The van der Waals surface area contributed by atoms with Crippen molar-refractivity contribution in [2.45, 2.75) is 18.9 Å². The molecule has 0 spiro atoms. The highest BCUT2D eigenvalue weighted by Gasteiger charge is 2.22. The summed E-state index contributed by atoms with van der Waals surface area (Å²) in [5, 5.41) is 1.24. The smallest absolute Gasteiger partial charge is 0.0460 e. The summed E-state index contributed by atoms with van der Waals surface area (Å²) in [5.41, 5.74) is 16.3. The van der Waals surface area contributed by atoms with Crippen LogP contribution in [-0.2, 0) is 12.8 Å². The normalized spacial score (nSPS) is 20.2. The molecule has 1 atom stereocenters. The van der Waals surface area contributed by atoms with Crippen LogP contribution in [0.5, 0.6) is 0 Å². The number of hydrogen-bond acceptors (Lipinski definition) is 2. The third-order valence-corrected chi connectivity index (χ3v) is 2.95. The summed E-state index contributed by atoms with van der Waals surface area (Å²) in [6, 6.07) is 6.27. The molecule has 0 amide bonds. The van der Waals surface area contributed by atoms with Crippen LogP contribution in [0.3, 0.4) is 0 Å². The van der Waals surface area contributed by atoms with Crippen molar-refractivity contribution in [2.24, 2.45) is 5.73 Å². The standard InChI is InChI=1S/C11H13N3/c12-6-1-2-10-8(3-6)9-4-7(13)5-11(9)14-10/h1-3,7,14H,4-5,12-13H2/t7-/m0/s1. The molecule has 0 radical (unpaired) electrons. The molecular weight excluding hydrogens is 174 g/mol. The van der Waals surface area contributed by atoms with Crippen LogP contribution in [0.1, 0.15) is 11.3 Å². The van der Waals surface area contributed by atoms with Crippen molar-refractivity contribution in [3.8, 4) is 0 Å². The first kappa shape index (κ1) is 7.88. The van der Waals surface area contributed by atoms with Gasteiger partial charge in [0.05, 0.1) is 0 Å². The number of rotatable bonds is 0. The van der Waals surface area contributed by atoms with Crippen molar-refractivity contribution in [2.75, 3.05) is 5.73 Å². The summed E-state index contributed by atoms with van der Waals surface area (Å²) < 4.78 is 0. The van der Waals surface area contributed by atoms with Gasteiger partial charge in [-0.1, -0.05) is 0 Å². The minimum atomic E-state index is 0.280. The van der Waals surface area contributed by atoms with Crippen molar-refractivity contribution in [3.05, 3.63) is 29.5 Å². The average molecular weight is 187 g/mol. The number of anilines is 1. The van der Waals surface area contributed by atoms with E-state index in [2.05, 4.69) is 4.98 Å². The van der Waals surface area contributed by atoms with E-state index in [1.165, 1.54) is 22.2 Å². The predicted molar refractivity (Wildman–Crippen MR) is 58.1 cm³/mol. The molecule has 1 aromatic carbocycles. The second-order valence-corrected chi connectivity index (χ2v) is 4.06. The van der Waals surface area contributed by atoms with Gasteiger partial charge in [0, 0.05) is 34.7 Å². The van der Waals surface area contributed by atoms with E-state index in [-0.39, 0.29) is 6.04 Å². The molecule has 1 aliphatic carbocycles. The van der Waals surface area contributed by atoms with Gasteiger partial charge in [0.1, 0.15) is 0 Å². The number of benzene rings is 1. The first-order valence-corrected chi connectivity index (χ1v) is 4.88. The maximum atomic E-state index is 5.91. The average Bonchev–Trinajstić information content (AvgIpc) is 2.62. The number of H-pyrrole nitrogens is 1. The van der Waals surface area contributed by atoms with Gasteiger partial charge in [-0.05, 0) is 30.2 Å². The largest absolute Gasteiger partial charge is 0.399 e. The van der Waals surface area contributed by atoms with Gasteiger partial charge in [0.2, 0.25) is 0 Å². The molecule has 5 N–H and O–H groups in total. The van der Waals surface area contributed by atoms with Gasteiger partial charge in [-0.25, -0.2) is 0 Å². The van der Waals surface area contributed by atoms with Crippen LogP contribution < -0.4 is 11.5 Å². The maximum Gasteiger partial charge on any atom is 0.0460 e. The van der Waals surface area contributed by atoms with Crippen LogP contribution in [0.4, 0.5) is 5.69 Å². The van der Waals surface area contributed by atoms with Crippen LogP contribution in [0.2, 0.25) is 0 Å². The SMILES string of the molecule is Nc1ccc2[nH]c3c(c2c1)C[C@H](N)C3. The van der Waals surface area contributed by atoms with Gasteiger partial charge < -0.3 is 16.5 Å². The maximum absolute atomic E-state index is 5.91. The monoisotopic (exact) mass is 187 g/mol. The number of aromatic nitrogens is 1. The third-order valence-electron chi connectivity index (χ3n) is 2.95. The highest BCUT2D eigenvalue weighted by Crippen LogP contribution is 2.30. The number of hydrogen-bond donors (Lipinski definition) is 3. The van der Waals surface area contributed by atoms with Crippen molar-refractivity contribution in [1.29, 1.82) is 0 Å². The Morgan fingerprint density at radius 1 is 1.29 bits per heavy atom. The molecule has 3 rings (SSSR count). The summed E-state index contributed by atoms with van der Waals surface area (Å²) in [4.78, 5) is 3.40. The highest BCUT2D eigenvalue weighted by molar-refractivity contribution is 5.88. The molecule has 0 unspecified atom stereocenters. The van der Waals surface area contributed by atoms with Crippen LogP contribution in [0, 0.1) is 0 Å². The van der Waals surface area contributed by atoms with E-state index in [9.17, 15) is 0 Å². The van der Waals surface area contributed by atoms with Crippen molar-refractivity contribution in [3.63, 3.8) is 0 Å². The zero-order chi connectivity index (χ0) is 9.71. The molecule has 0 saturated heterocycles. The topological polar surface area (TPSA) is 67.8 Å². The molecule has 1 aliphatic rings. The minimum absolute atomic E-state index is 0.280. The molecule has 1 heterocycles. The lowest BCUT2D eigenvalue weighted by atomic mass is 10.1. The van der Waals surface area contributed by atoms with E-state index in [1.54, 1.807) is 0 Å². The lowest BCUT2D eigenvalue weighted by Crippen LogP contribution is -2.19. The van der Waals surface area contributed by atoms with Crippen LogP contribution in [0.25, 0.3) is 10.9 Å².